The number of nitrogens with zero attached hydrogens (tertiary/aromatic N) is 1. The van der Waals surface area contributed by atoms with Crippen molar-refractivity contribution >= 4 is 11.6 Å². The summed E-state index contributed by atoms with van der Waals surface area (Å²) in [7, 11) is 0. The van der Waals surface area contributed by atoms with Gasteiger partial charge in [0.15, 0.2) is 11.5 Å². The van der Waals surface area contributed by atoms with Gasteiger partial charge in [0, 0.05) is 11.3 Å². The highest BCUT2D eigenvalue weighted by Crippen LogP contribution is 2.32. The van der Waals surface area contributed by atoms with Gasteiger partial charge in [0.25, 0.3) is 5.91 Å². The second-order valence-corrected chi connectivity index (χ2v) is 6.87. The quantitative estimate of drug-likeness (QED) is 0.784. The van der Waals surface area contributed by atoms with Crippen LogP contribution < -0.4 is 14.9 Å². The fourth-order valence-corrected chi connectivity index (χ4v) is 3.36. The molecule has 0 saturated heterocycles. The van der Waals surface area contributed by atoms with E-state index >= 15 is 0 Å². The molecule has 25 heavy (non-hydrogen) atoms. The summed E-state index contributed by atoms with van der Waals surface area (Å²) >= 11 is 0. The molecule has 136 valence electrons. The van der Waals surface area contributed by atoms with Crippen LogP contribution in [0.15, 0.2) is 23.3 Å². The number of hydrogen-bond acceptors (Lipinski definition) is 4. The Bertz CT molecular complexity index is 599. The summed E-state index contributed by atoms with van der Waals surface area (Å²) in [6.07, 6.45) is 13.5. The van der Waals surface area contributed by atoms with Gasteiger partial charge in [-0.2, -0.15) is 5.10 Å². The molecule has 1 N–H and O–H groups in total. The monoisotopic (exact) mass is 344 g/mol. The van der Waals surface area contributed by atoms with Gasteiger partial charge in [-0.25, -0.2) is 5.43 Å². The Labute approximate surface area is 149 Å². The standard InChI is InChI=1S/C20H28N2O3/c23-20(16-12-13-18-19(14-16)25-15-24-18)22-21-17-10-8-6-4-2-1-3-5-7-9-11-17/h12-14H,1-11,15H2,(H,22,23). The van der Waals surface area contributed by atoms with Crippen molar-refractivity contribution in [3.8, 4) is 11.5 Å². The minimum atomic E-state index is -0.197. The normalized spacial score (nSPS) is 18.8. The molecule has 1 aliphatic heterocycles. The van der Waals surface area contributed by atoms with Crippen molar-refractivity contribution in [3.63, 3.8) is 0 Å². The minimum absolute atomic E-state index is 0.197. The predicted molar refractivity (Wildman–Crippen MR) is 98.3 cm³/mol. The van der Waals surface area contributed by atoms with Crippen molar-refractivity contribution in [2.75, 3.05) is 6.79 Å². The Morgan fingerprint density at radius 2 is 1.44 bits per heavy atom. The van der Waals surface area contributed by atoms with Crippen LogP contribution in [-0.2, 0) is 0 Å². The third-order valence-electron chi connectivity index (χ3n) is 4.88. The lowest BCUT2D eigenvalue weighted by molar-refractivity contribution is 0.0954. The molecule has 1 aliphatic carbocycles. The van der Waals surface area contributed by atoms with E-state index in [-0.39, 0.29) is 12.7 Å². The molecule has 1 fully saturated rings. The molecule has 1 aromatic carbocycles. The van der Waals surface area contributed by atoms with Crippen molar-refractivity contribution in [2.45, 2.75) is 70.6 Å². The maximum atomic E-state index is 12.3. The first kappa shape index (κ1) is 17.8. The molecule has 3 rings (SSSR count). The van der Waals surface area contributed by atoms with Crippen molar-refractivity contribution in [3.05, 3.63) is 23.8 Å². The Morgan fingerprint density at radius 3 is 2.12 bits per heavy atom. The maximum Gasteiger partial charge on any atom is 0.271 e. The van der Waals surface area contributed by atoms with Crippen LogP contribution in [0, 0.1) is 0 Å². The van der Waals surface area contributed by atoms with E-state index in [2.05, 4.69) is 10.5 Å². The summed E-state index contributed by atoms with van der Waals surface area (Å²) in [6.45, 7) is 0.211. The molecule has 0 aromatic heterocycles. The van der Waals surface area contributed by atoms with Gasteiger partial charge in [0.05, 0.1) is 0 Å². The topological polar surface area (TPSA) is 59.9 Å². The van der Waals surface area contributed by atoms with E-state index < -0.39 is 0 Å². The van der Waals surface area contributed by atoms with Gasteiger partial charge in [0.2, 0.25) is 6.79 Å². The van der Waals surface area contributed by atoms with Gasteiger partial charge in [0.1, 0.15) is 0 Å². The average Bonchev–Trinajstić information content (AvgIpc) is 3.08. The molecule has 2 aliphatic rings. The molecule has 1 saturated carbocycles. The van der Waals surface area contributed by atoms with Gasteiger partial charge >= 0.3 is 0 Å². The smallest absolute Gasteiger partial charge is 0.271 e. The van der Waals surface area contributed by atoms with Crippen LogP contribution in [-0.4, -0.2) is 18.4 Å². The first-order valence-corrected chi connectivity index (χ1v) is 9.58. The Kier molecular flexibility index (Phi) is 6.71. The highest BCUT2D eigenvalue weighted by molar-refractivity contribution is 5.96. The highest BCUT2D eigenvalue weighted by atomic mass is 16.7. The molecule has 0 spiro atoms. The van der Waals surface area contributed by atoms with E-state index in [0.717, 1.165) is 18.6 Å². The third-order valence-corrected chi connectivity index (χ3v) is 4.88. The fourth-order valence-electron chi connectivity index (χ4n) is 3.36. The van der Waals surface area contributed by atoms with Gasteiger partial charge in [-0.15, -0.1) is 0 Å². The van der Waals surface area contributed by atoms with Crippen LogP contribution in [0.3, 0.4) is 0 Å². The Balaban J connectivity index is 1.56. The summed E-state index contributed by atoms with van der Waals surface area (Å²) < 4.78 is 10.6. The van der Waals surface area contributed by atoms with Crippen LogP contribution >= 0.6 is 0 Å². The van der Waals surface area contributed by atoms with Crippen molar-refractivity contribution in [1.82, 2.24) is 5.43 Å². The van der Waals surface area contributed by atoms with Crippen molar-refractivity contribution in [1.29, 1.82) is 0 Å². The number of benzene rings is 1. The van der Waals surface area contributed by atoms with E-state index in [0.29, 0.717) is 17.1 Å². The van der Waals surface area contributed by atoms with Gasteiger partial charge in [-0.05, 0) is 43.9 Å². The third kappa shape index (κ3) is 5.48. The lowest BCUT2D eigenvalue weighted by Gasteiger charge is -2.10. The molecule has 0 bridgehead atoms. The summed E-state index contributed by atoms with van der Waals surface area (Å²) in [5.74, 6) is 1.10. The predicted octanol–water partition coefficient (Wildman–Crippen LogP) is 4.81. The Hall–Kier alpha value is -2.04. The van der Waals surface area contributed by atoms with Crippen molar-refractivity contribution < 1.29 is 14.3 Å². The second-order valence-electron chi connectivity index (χ2n) is 6.87. The van der Waals surface area contributed by atoms with Crippen LogP contribution in [0.4, 0.5) is 0 Å². The van der Waals surface area contributed by atoms with Crippen LogP contribution in [0.1, 0.15) is 81.0 Å². The Morgan fingerprint density at radius 1 is 0.840 bits per heavy atom. The molecule has 1 aromatic rings. The molecule has 0 unspecified atom stereocenters. The molecular formula is C20H28N2O3. The largest absolute Gasteiger partial charge is 0.454 e. The van der Waals surface area contributed by atoms with Crippen LogP contribution in [0.5, 0.6) is 11.5 Å². The first-order valence-electron chi connectivity index (χ1n) is 9.58. The maximum absolute atomic E-state index is 12.3. The van der Waals surface area contributed by atoms with Gasteiger partial charge in [-0.1, -0.05) is 44.9 Å². The van der Waals surface area contributed by atoms with Crippen LogP contribution in [0.25, 0.3) is 0 Å². The molecule has 0 radical (unpaired) electrons. The number of hydrazone groups is 1. The van der Waals surface area contributed by atoms with Gasteiger partial charge in [-0.3, -0.25) is 4.79 Å². The molecule has 0 atom stereocenters. The summed E-state index contributed by atoms with van der Waals surface area (Å²) in [5.41, 5.74) is 4.39. The average molecular weight is 344 g/mol. The first-order chi connectivity index (χ1) is 12.3. The summed E-state index contributed by atoms with van der Waals surface area (Å²) in [4.78, 5) is 12.3. The number of carbonyl (C=O) groups is 1. The SMILES string of the molecule is O=C(NN=C1CCCCCCCCCCC1)c1ccc2c(c1)OCO2. The minimum Gasteiger partial charge on any atom is -0.454 e. The number of hydrogen-bond donors (Lipinski definition) is 1. The zero-order valence-electron chi connectivity index (χ0n) is 14.9. The number of ether oxygens (including phenoxy) is 2. The zero-order valence-corrected chi connectivity index (χ0v) is 14.9. The molecule has 5 nitrogen and oxygen atoms in total. The number of amides is 1. The van der Waals surface area contributed by atoms with Gasteiger partial charge < -0.3 is 9.47 Å². The number of nitrogens with one attached hydrogen (secondary N) is 1. The van der Waals surface area contributed by atoms with E-state index in [1.807, 2.05) is 0 Å². The van der Waals surface area contributed by atoms with Crippen LogP contribution in [0.2, 0.25) is 0 Å². The fraction of sp³-hybridized carbons (Fsp3) is 0.600. The lowest BCUT2D eigenvalue weighted by Crippen LogP contribution is -2.20. The van der Waals surface area contributed by atoms with Crippen molar-refractivity contribution in [2.24, 2.45) is 5.10 Å². The molecule has 1 heterocycles. The van der Waals surface area contributed by atoms with E-state index in [4.69, 9.17) is 9.47 Å². The lowest BCUT2D eigenvalue weighted by atomic mass is 10.00. The summed E-state index contributed by atoms with van der Waals surface area (Å²) in [6, 6.07) is 5.21. The molecular weight excluding hydrogens is 316 g/mol. The molecule has 5 heteroatoms. The van der Waals surface area contributed by atoms with E-state index in [1.165, 1.54) is 57.8 Å². The van der Waals surface area contributed by atoms with E-state index in [1.54, 1.807) is 18.2 Å². The second kappa shape index (κ2) is 9.44. The summed E-state index contributed by atoms with van der Waals surface area (Å²) in [5, 5.41) is 4.43. The zero-order chi connectivity index (χ0) is 17.3. The van der Waals surface area contributed by atoms with E-state index in [9.17, 15) is 4.79 Å². The molecule has 1 amide bonds. The number of fused-ring (bicyclic) bond motifs is 1. The number of carbonyl (C=O) groups excluding carboxylic acids is 1. The number of rotatable bonds is 2. The highest BCUT2D eigenvalue weighted by Gasteiger charge is 2.16.